The fourth-order valence-electron chi connectivity index (χ4n) is 1.47. The normalized spacial score (nSPS) is 18.6. The third-order valence-electron chi connectivity index (χ3n) is 3.09. The molecule has 0 aliphatic heterocycles. The van der Waals surface area contributed by atoms with Crippen LogP contribution in [0.5, 0.6) is 0 Å². The zero-order valence-corrected chi connectivity index (χ0v) is 11.2. The third kappa shape index (κ3) is 5.82. The number of sulfonamides is 1. The molecule has 2 N–H and O–H groups in total. The lowest BCUT2D eigenvalue weighted by molar-refractivity contribution is 0.528. The van der Waals surface area contributed by atoms with Gasteiger partial charge in [0.05, 0.1) is 5.75 Å². The van der Waals surface area contributed by atoms with Crippen molar-refractivity contribution in [1.82, 2.24) is 10.0 Å². The predicted molar refractivity (Wildman–Crippen MR) is 66.9 cm³/mol. The van der Waals surface area contributed by atoms with Gasteiger partial charge in [-0.15, -0.1) is 0 Å². The van der Waals surface area contributed by atoms with E-state index in [9.17, 15) is 8.42 Å². The molecule has 0 aromatic rings. The maximum atomic E-state index is 11.6. The summed E-state index contributed by atoms with van der Waals surface area (Å²) in [4.78, 5) is 0. The molecule has 0 amide bonds. The predicted octanol–water partition coefficient (Wildman–Crippen LogP) is 1.10. The van der Waals surface area contributed by atoms with E-state index in [1.165, 1.54) is 0 Å². The van der Waals surface area contributed by atoms with Crippen molar-refractivity contribution in [2.75, 3.05) is 25.4 Å². The quantitative estimate of drug-likeness (QED) is 0.601. The Labute approximate surface area is 99.2 Å². The summed E-state index contributed by atoms with van der Waals surface area (Å²) in [7, 11) is -3.04. The zero-order valence-electron chi connectivity index (χ0n) is 10.4. The highest BCUT2D eigenvalue weighted by Gasteiger charge is 2.37. The van der Waals surface area contributed by atoms with E-state index in [2.05, 4.69) is 23.9 Å². The lowest BCUT2D eigenvalue weighted by atomic mass is 10.2. The van der Waals surface area contributed by atoms with E-state index in [1.54, 1.807) is 0 Å². The van der Waals surface area contributed by atoms with Crippen molar-refractivity contribution in [2.45, 2.75) is 39.5 Å². The summed E-state index contributed by atoms with van der Waals surface area (Å²) in [6.07, 6.45) is 3.96. The monoisotopic (exact) mass is 248 g/mol. The fraction of sp³-hybridized carbons (Fsp3) is 1.00. The summed E-state index contributed by atoms with van der Waals surface area (Å²) in [5.74, 6) is 0.258. The van der Waals surface area contributed by atoms with Gasteiger partial charge < -0.3 is 5.32 Å². The average Bonchev–Trinajstić information content (AvgIpc) is 2.95. The van der Waals surface area contributed by atoms with Crippen LogP contribution < -0.4 is 10.0 Å². The second kappa shape index (κ2) is 5.98. The molecule has 5 heteroatoms. The minimum Gasteiger partial charge on any atom is -0.317 e. The molecule has 0 unspecified atom stereocenters. The van der Waals surface area contributed by atoms with Crippen molar-refractivity contribution in [3.63, 3.8) is 0 Å². The third-order valence-corrected chi connectivity index (χ3v) is 4.50. The maximum Gasteiger partial charge on any atom is 0.211 e. The number of nitrogens with one attached hydrogen (secondary N) is 2. The van der Waals surface area contributed by atoms with Gasteiger partial charge in [-0.3, -0.25) is 0 Å². The Morgan fingerprint density at radius 2 is 1.94 bits per heavy atom. The van der Waals surface area contributed by atoms with Crippen LogP contribution in [0.2, 0.25) is 0 Å². The Morgan fingerprint density at radius 3 is 2.50 bits per heavy atom. The van der Waals surface area contributed by atoms with Gasteiger partial charge in [-0.2, -0.15) is 0 Å². The molecule has 1 rings (SSSR count). The molecule has 1 fully saturated rings. The maximum absolute atomic E-state index is 11.6. The van der Waals surface area contributed by atoms with Crippen LogP contribution >= 0.6 is 0 Å². The molecular formula is C11H24N2O2S. The topological polar surface area (TPSA) is 58.2 Å². The summed E-state index contributed by atoms with van der Waals surface area (Å²) in [6, 6.07) is 0. The molecule has 0 saturated heterocycles. The van der Waals surface area contributed by atoms with Crippen LogP contribution in [0.4, 0.5) is 0 Å². The molecule has 1 aliphatic carbocycles. The Kier molecular flexibility index (Phi) is 5.21. The van der Waals surface area contributed by atoms with E-state index in [0.29, 0.717) is 6.54 Å². The fourth-order valence-corrected chi connectivity index (χ4v) is 2.76. The van der Waals surface area contributed by atoms with Crippen molar-refractivity contribution < 1.29 is 8.42 Å². The van der Waals surface area contributed by atoms with E-state index in [1.807, 2.05) is 0 Å². The van der Waals surface area contributed by atoms with Crippen LogP contribution in [0.3, 0.4) is 0 Å². The van der Waals surface area contributed by atoms with E-state index < -0.39 is 10.0 Å². The Morgan fingerprint density at radius 1 is 1.25 bits per heavy atom. The first kappa shape index (κ1) is 13.9. The van der Waals surface area contributed by atoms with Crippen molar-refractivity contribution in [2.24, 2.45) is 5.41 Å². The highest BCUT2D eigenvalue weighted by molar-refractivity contribution is 7.89. The van der Waals surface area contributed by atoms with Gasteiger partial charge in [-0.05, 0) is 44.2 Å². The van der Waals surface area contributed by atoms with Crippen LogP contribution in [0.1, 0.15) is 39.5 Å². The van der Waals surface area contributed by atoms with Gasteiger partial charge in [0.1, 0.15) is 0 Å². The van der Waals surface area contributed by atoms with E-state index in [4.69, 9.17) is 0 Å². The van der Waals surface area contributed by atoms with Gasteiger partial charge in [0, 0.05) is 6.54 Å². The van der Waals surface area contributed by atoms with Crippen molar-refractivity contribution in [1.29, 1.82) is 0 Å². The Bertz CT molecular complexity index is 297. The molecule has 0 aromatic carbocycles. The molecule has 0 radical (unpaired) electrons. The number of hydrogen-bond acceptors (Lipinski definition) is 3. The van der Waals surface area contributed by atoms with Crippen LogP contribution in [0.15, 0.2) is 0 Å². The average molecular weight is 248 g/mol. The van der Waals surface area contributed by atoms with Gasteiger partial charge in [0.15, 0.2) is 0 Å². The zero-order chi connectivity index (χ0) is 12.1. The first-order chi connectivity index (χ1) is 7.47. The lowest BCUT2D eigenvalue weighted by Crippen LogP contribution is -2.31. The summed E-state index contributed by atoms with van der Waals surface area (Å²) in [6.45, 7) is 6.64. The van der Waals surface area contributed by atoms with Gasteiger partial charge in [-0.25, -0.2) is 13.1 Å². The molecule has 0 heterocycles. The molecule has 1 saturated carbocycles. The molecule has 1 aliphatic rings. The molecule has 0 bridgehead atoms. The number of hydrogen-bond donors (Lipinski definition) is 2. The summed E-state index contributed by atoms with van der Waals surface area (Å²) < 4.78 is 25.9. The minimum absolute atomic E-state index is 0.247. The standard InChI is InChI=1S/C11H24N2O2S/c1-3-12-8-4-5-9-16(14,15)13-10-11(2)6-7-11/h12-13H,3-10H2,1-2H3. The van der Waals surface area contributed by atoms with Gasteiger partial charge in [0.25, 0.3) is 0 Å². The highest BCUT2D eigenvalue weighted by atomic mass is 32.2. The van der Waals surface area contributed by atoms with Crippen LogP contribution in [0.25, 0.3) is 0 Å². The van der Waals surface area contributed by atoms with Crippen LogP contribution in [-0.4, -0.2) is 33.8 Å². The number of unbranched alkanes of at least 4 members (excludes halogenated alkanes) is 1. The van der Waals surface area contributed by atoms with Crippen LogP contribution in [-0.2, 0) is 10.0 Å². The molecular weight excluding hydrogens is 224 g/mol. The van der Waals surface area contributed by atoms with Gasteiger partial charge in [-0.1, -0.05) is 13.8 Å². The van der Waals surface area contributed by atoms with Gasteiger partial charge >= 0.3 is 0 Å². The van der Waals surface area contributed by atoms with Gasteiger partial charge in [0.2, 0.25) is 10.0 Å². The summed E-state index contributed by atoms with van der Waals surface area (Å²) >= 11 is 0. The lowest BCUT2D eigenvalue weighted by Gasteiger charge is -2.10. The van der Waals surface area contributed by atoms with E-state index in [-0.39, 0.29) is 11.2 Å². The molecule has 96 valence electrons. The molecule has 4 nitrogen and oxygen atoms in total. The first-order valence-electron chi connectivity index (χ1n) is 6.15. The second-order valence-electron chi connectivity index (χ2n) is 5.01. The van der Waals surface area contributed by atoms with Crippen molar-refractivity contribution in [3.05, 3.63) is 0 Å². The molecule has 16 heavy (non-hydrogen) atoms. The minimum atomic E-state index is -3.04. The van der Waals surface area contributed by atoms with E-state index >= 15 is 0 Å². The molecule has 0 atom stereocenters. The number of rotatable bonds is 9. The second-order valence-corrected chi connectivity index (χ2v) is 6.94. The largest absolute Gasteiger partial charge is 0.317 e. The van der Waals surface area contributed by atoms with Crippen molar-refractivity contribution >= 4 is 10.0 Å². The van der Waals surface area contributed by atoms with Crippen LogP contribution in [0, 0.1) is 5.41 Å². The summed E-state index contributed by atoms with van der Waals surface area (Å²) in [5, 5.41) is 3.19. The highest BCUT2D eigenvalue weighted by Crippen LogP contribution is 2.44. The first-order valence-corrected chi connectivity index (χ1v) is 7.81. The summed E-state index contributed by atoms with van der Waals surface area (Å²) in [5.41, 5.74) is 0.247. The van der Waals surface area contributed by atoms with Crippen molar-refractivity contribution in [3.8, 4) is 0 Å². The Balaban J connectivity index is 2.09. The molecule has 0 aromatic heterocycles. The Hall–Kier alpha value is -0.130. The van der Waals surface area contributed by atoms with E-state index in [0.717, 1.165) is 38.8 Å². The smallest absolute Gasteiger partial charge is 0.211 e. The SMILES string of the molecule is CCNCCCCS(=O)(=O)NCC1(C)CC1. The molecule has 0 spiro atoms.